The van der Waals surface area contributed by atoms with E-state index in [1.54, 1.807) is 26.0 Å². The van der Waals surface area contributed by atoms with E-state index < -0.39 is 29.9 Å². The Morgan fingerprint density at radius 2 is 1.53 bits per heavy atom. The van der Waals surface area contributed by atoms with Gasteiger partial charge in [-0.15, -0.1) is 0 Å². The highest BCUT2D eigenvalue weighted by atomic mass is 35.5. The highest BCUT2D eigenvalue weighted by Gasteiger charge is 2.49. The summed E-state index contributed by atoms with van der Waals surface area (Å²) in [5, 5.41) is 16.1. The number of aliphatic carboxylic acids is 1. The van der Waals surface area contributed by atoms with E-state index >= 15 is 0 Å². The van der Waals surface area contributed by atoms with Crippen molar-refractivity contribution in [2.75, 3.05) is 10.6 Å². The van der Waals surface area contributed by atoms with Gasteiger partial charge in [-0.3, -0.25) is 4.79 Å². The van der Waals surface area contributed by atoms with Crippen LogP contribution in [-0.2, 0) is 24.5 Å². The number of halogens is 1. The first-order valence-electron chi connectivity index (χ1n) is 13.5. The lowest BCUT2D eigenvalue weighted by Gasteiger charge is -2.47. The van der Waals surface area contributed by atoms with Crippen LogP contribution in [0.4, 0.5) is 17.1 Å². The molecule has 2 saturated carbocycles. The van der Waals surface area contributed by atoms with Crippen LogP contribution in [0.15, 0.2) is 42.5 Å². The third-order valence-electron chi connectivity index (χ3n) is 8.31. The number of nitrogens with one attached hydrogen (secondary N) is 2. The summed E-state index contributed by atoms with van der Waals surface area (Å²) in [5.41, 5.74) is 3.64. The number of amides is 1. The average molecular weight is 541 g/mol. The monoisotopic (exact) mass is 540 g/mol. The Morgan fingerprint density at radius 1 is 0.921 bits per heavy atom. The van der Waals surface area contributed by atoms with E-state index in [0.717, 1.165) is 29.1 Å². The fourth-order valence-electron chi connectivity index (χ4n) is 6.96. The Hall–Kier alpha value is -2.61. The van der Waals surface area contributed by atoms with Crippen molar-refractivity contribution in [3.05, 3.63) is 53.1 Å². The fraction of sp³-hybridized carbons (Fsp3) is 0.533. The average Bonchev–Trinajstić information content (AvgIpc) is 3.16. The number of ether oxygens (including phenoxy) is 2. The van der Waals surface area contributed by atoms with Crippen LogP contribution in [0.5, 0.6) is 0 Å². The van der Waals surface area contributed by atoms with Gasteiger partial charge < -0.3 is 25.2 Å². The Kier molecular flexibility index (Phi) is 7.22. The van der Waals surface area contributed by atoms with Gasteiger partial charge in [-0.05, 0) is 111 Å². The largest absolute Gasteiger partial charge is 0.479 e. The lowest BCUT2D eigenvalue weighted by atomic mass is 9.57. The van der Waals surface area contributed by atoms with Gasteiger partial charge in [0, 0.05) is 11.4 Å². The van der Waals surface area contributed by atoms with E-state index in [1.807, 2.05) is 12.1 Å². The quantitative estimate of drug-likeness (QED) is 0.376. The molecule has 0 aromatic heterocycles. The Bertz CT molecular complexity index is 1200. The van der Waals surface area contributed by atoms with Gasteiger partial charge >= 0.3 is 5.97 Å². The van der Waals surface area contributed by atoms with E-state index in [0.29, 0.717) is 10.7 Å². The molecule has 204 valence electrons. The molecule has 2 aromatic carbocycles. The second-order valence-electron chi connectivity index (χ2n) is 12.2. The predicted molar refractivity (Wildman–Crippen MR) is 148 cm³/mol. The molecular formula is C30H37ClN2O5. The molecule has 4 unspecified atom stereocenters. The molecule has 8 heteroatoms. The summed E-state index contributed by atoms with van der Waals surface area (Å²) in [7, 11) is 0. The first-order valence-corrected chi connectivity index (χ1v) is 13.8. The van der Waals surface area contributed by atoms with E-state index in [-0.39, 0.29) is 5.41 Å². The molecule has 2 bridgehead atoms. The zero-order valence-electron chi connectivity index (χ0n) is 22.4. The molecule has 3 aliphatic rings. The minimum Gasteiger partial charge on any atom is -0.479 e. The van der Waals surface area contributed by atoms with Crippen LogP contribution >= 0.6 is 11.6 Å². The number of fused-ring (bicyclic) bond motifs is 2. The third-order valence-corrected chi connectivity index (χ3v) is 8.62. The minimum absolute atomic E-state index is 0.165. The Labute approximate surface area is 229 Å². The Morgan fingerprint density at radius 3 is 2.13 bits per heavy atom. The number of carbonyl (C=O) groups is 2. The summed E-state index contributed by atoms with van der Waals surface area (Å²) < 4.78 is 10.9. The molecular weight excluding hydrogens is 504 g/mol. The van der Waals surface area contributed by atoms with Crippen LogP contribution in [0.25, 0.3) is 0 Å². The van der Waals surface area contributed by atoms with Crippen molar-refractivity contribution >= 4 is 40.5 Å². The van der Waals surface area contributed by atoms with Gasteiger partial charge in [0.25, 0.3) is 5.91 Å². The van der Waals surface area contributed by atoms with Crippen molar-refractivity contribution in [1.29, 1.82) is 0 Å². The maximum Gasteiger partial charge on any atom is 0.336 e. The van der Waals surface area contributed by atoms with Crippen LogP contribution in [0, 0.1) is 17.8 Å². The summed E-state index contributed by atoms with van der Waals surface area (Å²) in [6.07, 6.45) is 3.91. The first kappa shape index (κ1) is 27.0. The van der Waals surface area contributed by atoms with E-state index in [4.69, 9.17) is 21.1 Å². The highest BCUT2D eigenvalue weighted by Crippen LogP contribution is 2.51. The van der Waals surface area contributed by atoms with E-state index in [2.05, 4.69) is 42.7 Å². The SMILES string of the molecule is CC1CC2CC(C1)CC(C)(c1ccc(Nc3ccc(NC(=O)C4OC(C)(C)OC4C(=O)O)cc3)c(Cl)c1)C2. The number of hydrogen-bond acceptors (Lipinski definition) is 5. The molecule has 4 atom stereocenters. The number of carboxylic acids is 1. The molecule has 2 aromatic rings. The van der Waals surface area contributed by atoms with Crippen LogP contribution in [0.1, 0.15) is 65.4 Å². The topological polar surface area (TPSA) is 96.9 Å². The van der Waals surface area contributed by atoms with Crippen LogP contribution in [-0.4, -0.2) is 35.0 Å². The normalized spacial score (nSPS) is 32.0. The first-order chi connectivity index (χ1) is 17.9. The summed E-state index contributed by atoms with van der Waals surface area (Å²) in [4.78, 5) is 24.2. The number of rotatable bonds is 6. The van der Waals surface area contributed by atoms with Crippen LogP contribution < -0.4 is 10.6 Å². The van der Waals surface area contributed by atoms with Gasteiger partial charge in [-0.25, -0.2) is 4.79 Å². The number of carboxylic acid groups (broad SMARTS) is 1. The summed E-state index contributed by atoms with van der Waals surface area (Å²) >= 11 is 6.75. The molecule has 7 nitrogen and oxygen atoms in total. The smallest absolute Gasteiger partial charge is 0.336 e. The predicted octanol–water partition coefficient (Wildman–Crippen LogP) is 6.73. The molecule has 1 saturated heterocycles. The second-order valence-corrected chi connectivity index (χ2v) is 12.6. The molecule has 3 N–H and O–H groups in total. The maximum absolute atomic E-state index is 12.7. The lowest BCUT2D eigenvalue weighted by molar-refractivity contribution is -0.166. The number of carbonyl (C=O) groups excluding carboxylic acids is 1. The molecule has 2 aliphatic carbocycles. The van der Waals surface area contributed by atoms with Gasteiger partial charge in [0.15, 0.2) is 18.0 Å². The van der Waals surface area contributed by atoms with Crippen molar-refractivity contribution in [1.82, 2.24) is 0 Å². The number of hydrogen-bond donors (Lipinski definition) is 3. The van der Waals surface area contributed by atoms with Crippen LogP contribution in [0.2, 0.25) is 5.02 Å². The molecule has 38 heavy (non-hydrogen) atoms. The van der Waals surface area contributed by atoms with E-state index in [1.165, 1.54) is 37.7 Å². The standard InChI is InChI=1S/C30H37ClN2O5/c1-17-11-18-13-19(12-17)16-30(4,15-18)20-5-10-24(23(31)14-20)32-21-6-8-22(9-7-21)33-27(34)25-26(28(35)36)38-29(2,3)37-25/h5-10,14,17-19,25-26,32H,11-13,15-16H2,1-4H3,(H,33,34)(H,35,36). The van der Waals surface area contributed by atoms with Crippen molar-refractivity contribution < 1.29 is 24.2 Å². The third kappa shape index (κ3) is 5.70. The van der Waals surface area contributed by atoms with E-state index in [9.17, 15) is 14.7 Å². The van der Waals surface area contributed by atoms with Gasteiger partial charge in [0.1, 0.15) is 0 Å². The van der Waals surface area contributed by atoms with Crippen molar-refractivity contribution in [3.63, 3.8) is 0 Å². The summed E-state index contributed by atoms with van der Waals surface area (Å²) in [6, 6.07) is 13.5. The van der Waals surface area contributed by atoms with Gasteiger partial charge in [0.05, 0.1) is 10.7 Å². The zero-order chi connectivity index (χ0) is 27.2. The van der Waals surface area contributed by atoms with Gasteiger partial charge in [-0.1, -0.05) is 31.5 Å². The molecule has 3 fully saturated rings. The molecule has 0 spiro atoms. The van der Waals surface area contributed by atoms with Gasteiger partial charge in [-0.2, -0.15) is 0 Å². The minimum atomic E-state index is -1.37. The number of benzene rings is 2. The molecule has 5 rings (SSSR count). The maximum atomic E-state index is 12.7. The molecule has 0 radical (unpaired) electrons. The molecule has 1 heterocycles. The second kappa shape index (κ2) is 10.2. The lowest BCUT2D eigenvalue weighted by Crippen LogP contribution is -2.40. The summed E-state index contributed by atoms with van der Waals surface area (Å²) in [5.74, 6) is -0.499. The fourth-order valence-corrected chi connectivity index (χ4v) is 7.18. The molecule has 1 amide bonds. The summed E-state index contributed by atoms with van der Waals surface area (Å²) in [6.45, 7) is 7.95. The molecule has 1 aliphatic heterocycles. The zero-order valence-corrected chi connectivity index (χ0v) is 23.2. The van der Waals surface area contributed by atoms with Crippen molar-refractivity contribution in [2.24, 2.45) is 17.8 Å². The van der Waals surface area contributed by atoms with Crippen LogP contribution in [0.3, 0.4) is 0 Å². The van der Waals surface area contributed by atoms with Crippen molar-refractivity contribution in [2.45, 2.75) is 83.2 Å². The van der Waals surface area contributed by atoms with Gasteiger partial charge in [0.2, 0.25) is 0 Å². The van der Waals surface area contributed by atoms with Crippen molar-refractivity contribution in [3.8, 4) is 0 Å². The Balaban J connectivity index is 1.23. The number of anilines is 3. The highest BCUT2D eigenvalue weighted by molar-refractivity contribution is 6.33.